The van der Waals surface area contributed by atoms with E-state index in [2.05, 4.69) is 24.4 Å². The van der Waals surface area contributed by atoms with Crippen LogP contribution < -0.4 is 11.1 Å². The topological polar surface area (TPSA) is 92.4 Å². The Morgan fingerprint density at radius 1 is 0.964 bits per heavy atom. The van der Waals surface area contributed by atoms with Gasteiger partial charge in [0, 0.05) is 11.2 Å². The molecule has 2 rings (SSSR count). The van der Waals surface area contributed by atoms with E-state index in [0.717, 1.165) is 0 Å². The fourth-order valence-electron chi connectivity index (χ4n) is 3.04. The predicted octanol–water partition coefficient (Wildman–Crippen LogP) is 4.70. The number of benzene rings is 2. The summed E-state index contributed by atoms with van der Waals surface area (Å²) in [5, 5.41) is 11.9. The lowest BCUT2D eigenvalue weighted by Crippen LogP contribution is -2.42. The molecule has 0 fully saturated rings. The van der Waals surface area contributed by atoms with E-state index in [1.807, 2.05) is 32.0 Å². The third-order valence-electron chi connectivity index (χ3n) is 4.92. The summed E-state index contributed by atoms with van der Waals surface area (Å²) in [6, 6.07) is 17.1. The van der Waals surface area contributed by atoms with Crippen LogP contribution in [-0.2, 0) is 15.1 Å². The maximum absolute atomic E-state index is 12.0. The van der Waals surface area contributed by atoms with Gasteiger partial charge in [0.15, 0.2) is 0 Å². The van der Waals surface area contributed by atoms with Gasteiger partial charge in [-0.3, -0.25) is 9.59 Å². The molecule has 2 aromatic rings. The first-order chi connectivity index (χ1) is 13.1. The largest absolute Gasteiger partial charge is 0.480 e. The van der Waals surface area contributed by atoms with E-state index in [9.17, 15) is 14.7 Å². The van der Waals surface area contributed by atoms with Gasteiger partial charge in [-0.1, -0.05) is 56.3 Å². The third-order valence-corrected chi connectivity index (χ3v) is 4.92. The number of carbonyl (C=O) groups is 2. The van der Waals surface area contributed by atoms with Gasteiger partial charge in [-0.15, -0.1) is 0 Å². The van der Waals surface area contributed by atoms with E-state index in [0.29, 0.717) is 5.69 Å². The van der Waals surface area contributed by atoms with Crippen molar-refractivity contribution in [3.63, 3.8) is 0 Å². The van der Waals surface area contributed by atoms with E-state index in [1.165, 1.54) is 11.1 Å². The Balaban J connectivity index is 0.000000307. The van der Waals surface area contributed by atoms with Gasteiger partial charge in [-0.2, -0.15) is 0 Å². The number of hydrogen-bond donors (Lipinski definition) is 3. The number of aryl methyl sites for hydroxylation is 1. The molecule has 0 unspecified atom stereocenters. The maximum Gasteiger partial charge on any atom is 0.319 e. The Hall–Kier alpha value is -2.66. The van der Waals surface area contributed by atoms with Crippen molar-refractivity contribution in [2.24, 2.45) is 11.1 Å². The van der Waals surface area contributed by atoms with Crippen LogP contribution in [0, 0.1) is 12.3 Å². The minimum Gasteiger partial charge on any atom is -0.480 e. The summed E-state index contributed by atoms with van der Waals surface area (Å²) in [5.41, 5.74) is 7.51. The van der Waals surface area contributed by atoms with Crippen LogP contribution in [0.1, 0.15) is 51.7 Å². The lowest BCUT2D eigenvalue weighted by Gasteiger charge is -2.25. The van der Waals surface area contributed by atoms with E-state index in [-0.39, 0.29) is 18.4 Å². The average molecular weight is 385 g/mol. The number of carbonyl (C=O) groups excluding carboxylic acids is 1. The number of anilines is 1. The molecule has 4 N–H and O–H groups in total. The molecule has 0 aliphatic carbocycles. The van der Waals surface area contributed by atoms with Gasteiger partial charge in [0.05, 0.1) is 0 Å². The summed E-state index contributed by atoms with van der Waals surface area (Å²) in [4.78, 5) is 23.3. The summed E-state index contributed by atoms with van der Waals surface area (Å²) in [6.07, 6.45) is 0.551. The molecular formula is C23H32N2O3. The van der Waals surface area contributed by atoms with Crippen LogP contribution in [0.15, 0.2) is 54.6 Å². The van der Waals surface area contributed by atoms with Crippen LogP contribution in [0.4, 0.5) is 5.69 Å². The highest BCUT2D eigenvalue weighted by atomic mass is 16.4. The van der Waals surface area contributed by atoms with E-state index >= 15 is 0 Å². The van der Waals surface area contributed by atoms with Gasteiger partial charge >= 0.3 is 5.97 Å². The van der Waals surface area contributed by atoms with Crippen molar-refractivity contribution in [1.82, 2.24) is 0 Å². The molecule has 152 valence electrons. The zero-order valence-corrected chi connectivity index (χ0v) is 17.5. The highest BCUT2D eigenvalue weighted by molar-refractivity contribution is 6.08. The first-order valence-electron chi connectivity index (χ1n) is 9.53. The normalized spacial score (nSPS) is 11.2. The van der Waals surface area contributed by atoms with Gasteiger partial charge in [-0.05, 0) is 56.9 Å². The number of carboxylic acid groups (broad SMARTS) is 1. The van der Waals surface area contributed by atoms with Gasteiger partial charge in [0.25, 0.3) is 0 Å². The summed E-state index contributed by atoms with van der Waals surface area (Å²) in [7, 11) is 0. The standard InChI is InChI=1S/C13H17NO3.C10H15N/c1-3-13(4-2,12(16)17)11(15)14-10-8-6-5-7-9-10;1-8-6-4-5-7-9(8)10(2,3)11/h5-9H,3-4H2,1-2H3,(H,14,15)(H,16,17);4-7H,11H2,1-3H3. The Labute approximate surface area is 168 Å². The highest BCUT2D eigenvalue weighted by Gasteiger charge is 2.42. The van der Waals surface area contributed by atoms with E-state index < -0.39 is 17.3 Å². The number of rotatable bonds is 6. The fourth-order valence-corrected chi connectivity index (χ4v) is 3.04. The molecule has 1 amide bonds. The van der Waals surface area contributed by atoms with Crippen molar-refractivity contribution >= 4 is 17.6 Å². The lowest BCUT2D eigenvalue weighted by molar-refractivity contribution is -0.154. The molecule has 0 spiro atoms. The van der Waals surface area contributed by atoms with Crippen molar-refractivity contribution in [3.8, 4) is 0 Å². The van der Waals surface area contributed by atoms with Crippen LogP contribution >= 0.6 is 0 Å². The third kappa shape index (κ3) is 5.92. The monoisotopic (exact) mass is 384 g/mol. The summed E-state index contributed by atoms with van der Waals surface area (Å²) in [6.45, 7) is 9.55. The van der Waals surface area contributed by atoms with Crippen molar-refractivity contribution in [3.05, 3.63) is 65.7 Å². The van der Waals surface area contributed by atoms with Crippen LogP contribution in [0.2, 0.25) is 0 Å². The van der Waals surface area contributed by atoms with E-state index in [4.69, 9.17) is 5.73 Å². The Bertz CT molecular complexity index is 776. The summed E-state index contributed by atoms with van der Waals surface area (Å²) >= 11 is 0. The number of carboxylic acids is 1. The number of nitrogens with two attached hydrogens (primary N) is 1. The molecule has 5 nitrogen and oxygen atoms in total. The molecule has 0 saturated carbocycles. The van der Waals surface area contributed by atoms with Crippen molar-refractivity contribution in [1.29, 1.82) is 0 Å². The van der Waals surface area contributed by atoms with Gasteiger partial charge in [0.2, 0.25) is 5.91 Å². The molecule has 0 aliphatic heterocycles. The average Bonchev–Trinajstić information content (AvgIpc) is 2.64. The first-order valence-corrected chi connectivity index (χ1v) is 9.53. The quantitative estimate of drug-likeness (QED) is 0.629. The van der Waals surface area contributed by atoms with Crippen LogP contribution in [0.3, 0.4) is 0 Å². The van der Waals surface area contributed by atoms with Gasteiger partial charge < -0.3 is 16.2 Å². The zero-order chi connectivity index (χ0) is 21.4. The number of para-hydroxylation sites is 1. The molecule has 0 atom stereocenters. The first kappa shape index (κ1) is 23.4. The van der Waals surface area contributed by atoms with Crippen molar-refractivity contribution in [2.75, 3.05) is 5.32 Å². The molecule has 0 radical (unpaired) electrons. The van der Waals surface area contributed by atoms with Crippen molar-refractivity contribution in [2.45, 2.75) is 53.0 Å². The number of aliphatic carboxylic acids is 1. The molecule has 2 aromatic carbocycles. The highest BCUT2D eigenvalue weighted by Crippen LogP contribution is 2.28. The summed E-state index contributed by atoms with van der Waals surface area (Å²) in [5.74, 6) is -1.53. The molecule has 0 aliphatic rings. The van der Waals surface area contributed by atoms with E-state index in [1.54, 1.807) is 38.1 Å². The Morgan fingerprint density at radius 3 is 1.86 bits per heavy atom. The maximum atomic E-state index is 12.0. The minimum atomic E-state index is -1.34. The van der Waals surface area contributed by atoms with Crippen LogP contribution in [0.5, 0.6) is 0 Å². The van der Waals surface area contributed by atoms with Crippen molar-refractivity contribution < 1.29 is 14.7 Å². The molecule has 0 saturated heterocycles. The number of nitrogens with one attached hydrogen (secondary N) is 1. The van der Waals surface area contributed by atoms with Crippen LogP contribution in [-0.4, -0.2) is 17.0 Å². The predicted molar refractivity (Wildman–Crippen MR) is 114 cm³/mol. The number of amides is 1. The SMILES string of the molecule is CCC(CC)(C(=O)O)C(=O)Nc1ccccc1.Cc1ccccc1C(C)(C)N. The molecule has 5 heteroatoms. The molecule has 0 bridgehead atoms. The molecule has 0 aromatic heterocycles. The van der Waals surface area contributed by atoms with Gasteiger partial charge in [0.1, 0.15) is 5.41 Å². The fraction of sp³-hybridized carbons (Fsp3) is 0.391. The molecule has 0 heterocycles. The van der Waals surface area contributed by atoms with Gasteiger partial charge in [-0.25, -0.2) is 0 Å². The second-order valence-electron chi connectivity index (χ2n) is 7.45. The second-order valence-corrected chi connectivity index (χ2v) is 7.45. The Kier molecular flexibility index (Phi) is 8.38. The minimum absolute atomic E-state index is 0.217. The lowest BCUT2D eigenvalue weighted by atomic mass is 9.81. The summed E-state index contributed by atoms with van der Waals surface area (Å²) < 4.78 is 0. The molecule has 28 heavy (non-hydrogen) atoms. The number of hydrogen-bond acceptors (Lipinski definition) is 3. The Morgan fingerprint density at radius 2 is 1.46 bits per heavy atom. The molecular weight excluding hydrogens is 352 g/mol. The second kappa shape index (κ2) is 10.0. The van der Waals surface area contributed by atoms with Crippen LogP contribution in [0.25, 0.3) is 0 Å². The zero-order valence-electron chi connectivity index (χ0n) is 17.5. The smallest absolute Gasteiger partial charge is 0.319 e.